The number of nitrogen functional groups attached to an aromatic ring is 1. The molecule has 116 valence electrons. The summed E-state index contributed by atoms with van der Waals surface area (Å²) in [6.45, 7) is 0.396. The predicted octanol–water partition coefficient (Wildman–Crippen LogP) is 3.56. The number of nitrogens with zero attached hydrogens (tertiary/aromatic N) is 1. The smallest absolute Gasteiger partial charge is 0.274 e. The van der Waals surface area contributed by atoms with Crippen LogP contribution < -0.4 is 15.8 Å². The predicted molar refractivity (Wildman–Crippen MR) is 91.7 cm³/mol. The molecule has 6 heteroatoms. The van der Waals surface area contributed by atoms with Crippen LogP contribution in [0.4, 0.5) is 11.4 Å². The number of carbonyl (C=O) groups excluding carboxylic acids is 1. The quantitative estimate of drug-likeness (QED) is 0.752. The summed E-state index contributed by atoms with van der Waals surface area (Å²) in [6.07, 6.45) is 1.58. The summed E-state index contributed by atoms with van der Waals surface area (Å²) in [5.41, 5.74) is 8.53. The minimum atomic E-state index is -0.259. The summed E-state index contributed by atoms with van der Waals surface area (Å²) < 4.78 is 5.72. The Balaban J connectivity index is 1.65. The lowest BCUT2D eigenvalue weighted by Crippen LogP contribution is -2.13. The molecule has 0 aliphatic rings. The van der Waals surface area contributed by atoms with Crippen LogP contribution in [-0.4, -0.2) is 10.9 Å². The third-order valence-electron chi connectivity index (χ3n) is 3.16. The lowest BCUT2D eigenvalue weighted by atomic mass is 10.2. The highest BCUT2D eigenvalue weighted by Gasteiger charge is 2.07. The molecule has 0 spiro atoms. The van der Waals surface area contributed by atoms with E-state index in [4.69, 9.17) is 10.5 Å². The second kappa shape index (κ2) is 6.93. The van der Waals surface area contributed by atoms with Crippen LogP contribution in [-0.2, 0) is 6.61 Å². The van der Waals surface area contributed by atoms with Crippen LogP contribution in [0.3, 0.4) is 0 Å². The zero-order chi connectivity index (χ0) is 16.1. The Hall–Kier alpha value is -2.86. The topological polar surface area (TPSA) is 77.2 Å². The monoisotopic (exact) mass is 325 g/mol. The van der Waals surface area contributed by atoms with Gasteiger partial charge in [-0.2, -0.15) is 0 Å². The number of carbonyl (C=O) groups is 1. The van der Waals surface area contributed by atoms with Gasteiger partial charge in [-0.25, -0.2) is 0 Å². The molecule has 0 saturated carbocycles. The minimum absolute atomic E-state index is 0.259. The first-order valence-electron chi connectivity index (χ1n) is 6.98. The highest BCUT2D eigenvalue weighted by atomic mass is 32.1. The molecule has 1 amide bonds. The van der Waals surface area contributed by atoms with Gasteiger partial charge in [0.25, 0.3) is 5.91 Å². The number of amides is 1. The molecule has 5 nitrogen and oxygen atoms in total. The van der Waals surface area contributed by atoms with Crippen molar-refractivity contribution in [3.8, 4) is 5.75 Å². The number of hydrogen-bond donors (Lipinski definition) is 2. The van der Waals surface area contributed by atoms with Gasteiger partial charge in [0.1, 0.15) is 18.1 Å². The van der Waals surface area contributed by atoms with Crippen molar-refractivity contribution in [2.24, 2.45) is 0 Å². The van der Waals surface area contributed by atoms with Gasteiger partial charge in [0.05, 0.1) is 0 Å². The Bertz CT molecular complexity index is 802. The molecule has 0 aliphatic carbocycles. The number of nitrogens with two attached hydrogens (primary N) is 1. The van der Waals surface area contributed by atoms with E-state index < -0.39 is 0 Å². The maximum absolute atomic E-state index is 12.1. The summed E-state index contributed by atoms with van der Waals surface area (Å²) >= 11 is 1.54. The van der Waals surface area contributed by atoms with Gasteiger partial charge >= 0.3 is 0 Å². The van der Waals surface area contributed by atoms with Crippen molar-refractivity contribution in [1.82, 2.24) is 4.98 Å². The molecule has 0 unspecified atom stereocenters. The number of rotatable bonds is 5. The Morgan fingerprint density at radius 1 is 1.22 bits per heavy atom. The summed E-state index contributed by atoms with van der Waals surface area (Å²) in [7, 11) is 0. The normalized spacial score (nSPS) is 10.3. The number of aromatic nitrogens is 1. The number of thiophene rings is 1. The molecule has 0 radical (unpaired) electrons. The molecule has 23 heavy (non-hydrogen) atoms. The second-order valence-corrected chi connectivity index (χ2v) is 5.58. The van der Waals surface area contributed by atoms with Crippen molar-refractivity contribution in [2.45, 2.75) is 6.61 Å². The first-order valence-corrected chi connectivity index (χ1v) is 7.92. The van der Waals surface area contributed by atoms with Crippen molar-refractivity contribution in [3.05, 3.63) is 70.7 Å². The number of pyridine rings is 1. The first-order chi connectivity index (χ1) is 11.2. The number of nitrogens with one attached hydrogen (secondary N) is 1. The van der Waals surface area contributed by atoms with Crippen molar-refractivity contribution < 1.29 is 9.53 Å². The molecule has 3 N–H and O–H groups in total. The molecule has 0 aliphatic heterocycles. The van der Waals surface area contributed by atoms with Crippen LogP contribution in [0, 0.1) is 0 Å². The van der Waals surface area contributed by atoms with Gasteiger partial charge in [0.15, 0.2) is 0 Å². The molecule has 0 bridgehead atoms. The molecule has 3 rings (SSSR count). The van der Waals surface area contributed by atoms with E-state index >= 15 is 0 Å². The third-order valence-corrected chi connectivity index (χ3v) is 3.97. The average molecular weight is 325 g/mol. The summed E-state index contributed by atoms with van der Waals surface area (Å²) in [5.74, 6) is 0.402. The maximum Gasteiger partial charge on any atom is 0.274 e. The first kappa shape index (κ1) is 15.1. The van der Waals surface area contributed by atoms with E-state index in [9.17, 15) is 4.79 Å². The zero-order valence-corrected chi connectivity index (χ0v) is 13.0. The standard InChI is InChI=1S/C17H15N3O2S/c18-15-11-23-10-12(15)9-22-14-5-3-4-13(8-14)20-17(21)16-6-1-2-7-19-16/h1-8,10-11H,9,18H2,(H,20,21). The molecule has 3 aromatic rings. The fourth-order valence-electron chi connectivity index (χ4n) is 1.97. The van der Waals surface area contributed by atoms with Crippen LogP contribution in [0.15, 0.2) is 59.4 Å². The van der Waals surface area contributed by atoms with Crippen LogP contribution in [0.1, 0.15) is 16.1 Å². The van der Waals surface area contributed by atoms with Crippen LogP contribution in [0.5, 0.6) is 5.75 Å². The molecule has 1 aromatic carbocycles. The summed E-state index contributed by atoms with van der Waals surface area (Å²) in [5, 5.41) is 6.64. The zero-order valence-electron chi connectivity index (χ0n) is 12.2. The van der Waals surface area contributed by atoms with Crippen LogP contribution >= 0.6 is 11.3 Å². The van der Waals surface area contributed by atoms with Crippen molar-refractivity contribution in [3.63, 3.8) is 0 Å². The second-order valence-electron chi connectivity index (χ2n) is 4.84. The average Bonchev–Trinajstić information content (AvgIpc) is 2.99. The fourth-order valence-corrected chi connectivity index (χ4v) is 2.70. The Kier molecular flexibility index (Phi) is 4.54. The summed E-state index contributed by atoms with van der Waals surface area (Å²) in [6, 6.07) is 12.4. The van der Waals surface area contributed by atoms with Gasteiger partial charge in [0, 0.05) is 34.6 Å². The fraction of sp³-hybridized carbons (Fsp3) is 0.0588. The van der Waals surface area contributed by atoms with Gasteiger partial charge in [-0.05, 0) is 29.6 Å². The van der Waals surface area contributed by atoms with E-state index in [2.05, 4.69) is 10.3 Å². The van der Waals surface area contributed by atoms with Crippen molar-refractivity contribution in [1.29, 1.82) is 0 Å². The third kappa shape index (κ3) is 3.87. The highest BCUT2D eigenvalue weighted by Crippen LogP contribution is 2.22. The van der Waals surface area contributed by atoms with E-state index in [-0.39, 0.29) is 5.91 Å². The van der Waals surface area contributed by atoms with Crippen LogP contribution in [0.2, 0.25) is 0 Å². The van der Waals surface area contributed by atoms with Crippen LogP contribution in [0.25, 0.3) is 0 Å². The number of benzene rings is 1. The van der Waals surface area contributed by atoms with Gasteiger partial charge in [-0.1, -0.05) is 12.1 Å². The van der Waals surface area contributed by atoms with E-state index in [1.165, 1.54) is 0 Å². The molecule has 0 saturated heterocycles. The molecule has 2 heterocycles. The Morgan fingerprint density at radius 2 is 2.13 bits per heavy atom. The molecular formula is C17H15N3O2S. The Labute approximate surface area is 137 Å². The van der Waals surface area contributed by atoms with Gasteiger partial charge < -0.3 is 15.8 Å². The molecule has 2 aromatic heterocycles. The lowest BCUT2D eigenvalue weighted by Gasteiger charge is -2.09. The largest absolute Gasteiger partial charge is 0.489 e. The molecular weight excluding hydrogens is 310 g/mol. The van der Waals surface area contributed by atoms with E-state index in [1.54, 1.807) is 47.9 Å². The van der Waals surface area contributed by atoms with Crippen molar-refractivity contribution in [2.75, 3.05) is 11.1 Å². The van der Waals surface area contributed by atoms with E-state index in [0.717, 1.165) is 11.3 Å². The summed E-state index contributed by atoms with van der Waals surface area (Å²) in [4.78, 5) is 16.1. The SMILES string of the molecule is Nc1cscc1COc1cccc(NC(=O)c2ccccn2)c1. The van der Waals surface area contributed by atoms with E-state index in [1.807, 2.05) is 22.9 Å². The lowest BCUT2D eigenvalue weighted by molar-refractivity contribution is 0.102. The minimum Gasteiger partial charge on any atom is -0.489 e. The molecule has 0 atom stereocenters. The van der Waals surface area contributed by atoms with E-state index in [0.29, 0.717) is 23.7 Å². The molecule has 0 fully saturated rings. The highest BCUT2D eigenvalue weighted by molar-refractivity contribution is 7.08. The Morgan fingerprint density at radius 3 is 2.87 bits per heavy atom. The van der Waals surface area contributed by atoms with Gasteiger partial charge in [-0.3, -0.25) is 9.78 Å². The van der Waals surface area contributed by atoms with Crippen molar-refractivity contribution >= 4 is 28.6 Å². The van der Waals surface area contributed by atoms with Gasteiger partial charge in [0.2, 0.25) is 0 Å². The number of hydrogen-bond acceptors (Lipinski definition) is 5. The maximum atomic E-state index is 12.1. The number of ether oxygens (including phenoxy) is 1. The number of anilines is 2. The van der Waals surface area contributed by atoms with Gasteiger partial charge in [-0.15, -0.1) is 11.3 Å².